The number of nitro groups is 1. The first-order valence-corrected chi connectivity index (χ1v) is 4.54. The zero-order valence-corrected chi connectivity index (χ0v) is 8.30. The van der Waals surface area contributed by atoms with Crippen LogP contribution in [0.25, 0.3) is 0 Å². The number of benzene rings is 1. The standard InChI is InChI=1S/C10H10FNO4/c11-6-9(13)5-10(14)7-1-3-8(4-2-7)12(15)16/h1-4,10,14H,5-6H2. The van der Waals surface area contributed by atoms with Gasteiger partial charge in [-0.3, -0.25) is 14.9 Å². The second-order valence-electron chi connectivity index (χ2n) is 3.24. The maximum absolute atomic E-state index is 11.9. The number of halogens is 1. The van der Waals surface area contributed by atoms with E-state index in [1.54, 1.807) is 0 Å². The highest BCUT2D eigenvalue weighted by molar-refractivity contribution is 5.80. The highest BCUT2D eigenvalue weighted by atomic mass is 19.1. The lowest BCUT2D eigenvalue weighted by molar-refractivity contribution is -0.384. The van der Waals surface area contributed by atoms with Crippen molar-refractivity contribution < 1.29 is 19.2 Å². The normalized spacial score (nSPS) is 12.1. The molecule has 0 fully saturated rings. The molecule has 1 N–H and O–H groups in total. The van der Waals surface area contributed by atoms with E-state index < -0.39 is 23.5 Å². The van der Waals surface area contributed by atoms with E-state index >= 15 is 0 Å². The third-order valence-corrected chi connectivity index (χ3v) is 2.06. The van der Waals surface area contributed by atoms with Crippen LogP contribution in [0.3, 0.4) is 0 Å². The number of Topliss-reactive ketones (excluding diaryl/α,β-unsaturated/α-hetero) is 1. The summed E-state index contributed by atoms with van der Waals surface area (Å²) in [6, 6.07) is 5.12. The molecule has 0 aliphatic carbocycles. The van der Waals surface area contributed by atoms with Crippen LogP contribution in [0.2, 0.25) is 0 Å². The third kappa shape index (κ3) is 3.09. The van der Waals surface area contributed by atoms with Crippen molar-refractivity contribution in [2.24, 2.45) is 0 Å². The van der Waals surface area contributed by atoms with Crippen molar-refractivity contribution in [3.05, 3.63) is 39.9 Å². The highest BCUT2D eigenvalue weighted by Gasteiger charge is 2.14. The van der Waals surface area contributed by atoms with Crippen molar-refractivity contribution in [2.45, 2.75) is 12.5 Å². The number of nitro benzene ring substituents is 1. The number of aliphatic hydroxyl groups excluding tert-OH is 1. The van der Waals surface area contributed by atoms with E-state index in [-0.39, 0.29) is 12.1 Å². The summed E-state index contributed by atoms with van der Waals surface area (Å²) in [6.45, 7) is -1.12. The lowest BCUT2D eigenvalue weighted by Crippen LogP contribution is -2.08. The van der Waals surface area contributed by atoms with E-state index in [4.69, 9.17) is 0 Å². The summed E-state index contributed by atoms with van der Waals surface area (Å²) in [5, 5.41) is 19.8. The van der Waals surface area contributed by atoms with Crippen molar-refractivity contribution in [3.8, 4) is 0 Å². The number of hydrogen-bond acceptors (Lipinski definition) is 4. The lowest BCUT2D eigenvalue weighted by Gasteiger charge is -2.08. The van der Waals surface area contributed by atoms with Crippen LogP contribution in [0.5, 0.6) is 0 Å². The maximum Gasteiger partial charge on any atom is 0.269 e. The Kier molecular flexibility index (Phi) is 4.07. The zero-order chi connectivity index (χ0) is 12.1. The van der Waals surface area contributed by atoms with Gasteiger partial charge in [0.1, 0.15) is 6.67 Å². The maximum atomic E-state index is 11.9. The van der Waals surface area contributed by atoms with Crippen LogP contribution in [0.1, 0.15) is 18.1 Å². The van der Waals surface area contributed by atoms with Gasteiger partial charge in [0.2, 0.25) is 0 Å². The minimum Gasteiger partial charge on any atom is -0.388 e. The summed E-state index contributed by atoms with van der Waals surface area (Å²) in [4.78, 5) is 20.5. The number of nitrogens with zero attached hydrogens (tertiary/aromatic N) is 1. The highest BCUT2D eigenvalue weighted by Crippen LogP contribution is 2.20. The van der Waals surface area contributed by atoms with E-state index in [1.165, 1.54) is 24.3 Å². The summed E-state index contributed by atoms with van der Waals surface area (Å²) < 4.78 is 11.9. The molecule has 6 heteroatoms. The van der Waals surface area contributed by atoms with Gasteiger partial charge < -0.3 is 5.11 Å². The van der Waals surface area contributed by atoms with Gasteiger partial charge in [-0.2, -0.15) is 0 Å². The number of hydrogen-bond donors (Lipinski definition) is 1. The predicted octanol–water partition coefficient (Wildman–Crippen LogP) is 1.56. The lowest BCUT2D eigenvalue weighted by atomic mass is 10.0. The first-order valence-electron chi connectivity index (χ1n) is 4.54. The first-order chi connectivity index (χ1) is 7.54. The fraction of sp³-hybridized carbons (Fsp3) is 0.300. The van der Waals surface area contributed by atoms with Gasteiger partial charge in [-0.25, -0.2) is 4.39 Å². The van der Waals surface area contributed by atoms with Gasteiger partial charge in [-0.05, 0) is 17.7 Å². The van der Waals surface area contributed by atoms with Crippen molar-refractivity contribution in [2.75, 3.05) is 6.67 Å². The predicted molar refractivity (Wildman–Crippen MR) is 53.7 cm³/mol. The quantitative estimate of drug-likeness (QED) is 0.611. The summed E-state index contributed by atoms with van der Waals surface area (Å²) in [6.07, 6.45) is -1.45. The molecule has 0 radical (unpaired) electrons. The van der Waals surface area contributed by atoms with Gasteiger partial charge in [0.25, 0.3) is 5.69 Å². The SMILES string of the molecule is O=C(CF)CC(O)c1ccc([N+](=O)[O-])cc1. The Bertz CT molecular complexity index is 390. The molecule has 86 valence electrons. The van der Waals surface area contributed by atoms with Crippen LogP contribution in [-0.4, -0.2) is 22.5 Å². The van der Waals surface area contributed by atoms with Crippen LogP contribution in [0, 0.1) is 10.1 Å². The molecule has 0 aliphatic heterocycles. The van der Waals surface area contributed by atoms with E-state index in [9.17, 15) is 24.4 Å². The number of carbonyl (C=O) groups is 1. The van der Waals surface area contributed by atoms with Crippen LogP contribution < -0.4 is 0 Å². The molecule has 0 bridgehead atoms. The van der Waals surface area contributed by atoms with Crippen molar-refractivity contribution in [1.29, 1.82) is 0 Å². The van der Waals surface area contributed by atoms with Crippen LogP contribution in [-0.2, 0) is 4.79 Å². The third-order valence-electron chi connectivity index (χ3n) is 2.06. The largest absolute Gasteiger partial charge is 0.388 e. The summed E-state index contributed by atoms with van der Waals surface area (Å²) in [5.41, 5.74) is 0.250. The van der Waals surface area contributed by atoms with E-state index in [0.29, 0.717) is 5.56 Å². The second-order valence-corrected chi connectivity index (χ2v) is 3.24. The topological polar surface area (TPSA) is 80.4 Å². The number of carbonyl (C=O) groups excluding carboxylic acids is 1. The number of ketones is 1. The molecule has 0 amide bonds. The molecule has 1 unspecified atom stereocenters. The number of alkyl halides is 1. The van der Waals surface area contributed by atoms with Crippen LogP contribution in [0.4, 0.5) is 10.1 Å². The molecule has 0 aromatic heterocycles. The zero-order valence-electron chi connectivity index (χ0n) is 8.30. The Labute approximate surface area is 90.7 Å². The van der Waals surface area contributed by atoms with Crippen molar-refractivity contribution in [3.63, 3.8) is 0 Å². The van der Waals surface area contributed by atoms with Crippen LogP contribution >= 0.6 is 0 Å². The molecule has 1 atom stereocenters. The van der Waals surface area contributed by atoms with Gasteiger partial charge in [0, 0.05) is 18.6 Å². The van der Waals surface area contributed by atoms with Gasteiger partial charge in [0.15, 0.2) is 5.78 Å². The van der Waals surface area contributed by atoms with Gasteiger partial charge in [-0.1, -0.05) is 0 Å². The Hall–Kier alpha value is -1.82. The fourth-order valence-corrected chi connectivity index (χ4v) is 1.21. The molecule has 0 heterocycles. The van der Waals surface area contributed by atoms with E-state index in [1.807, 2.05) is 0 Å². The van der Waals surface area contributed by atoms with Crippen LogP contribution in [0.15, 0.2) is 24.3 Å². The first kappa shape index (κ1) is 12.3. The summed E-state index contributed by atoms with van der Waals surface area (Å²) >= 11 is 0. The number of aliphatic hydroxyl groups is 1. The Morgan fingerprint density at radius 1 is 1.44 bits per heavy atom. The molecule has 1 aromatic rings. The average molecular weight is 227 g/mol. The molecule has 0 spiro atoms. The number of non-ortho nitro benzene ring substituents is 1. The van der Waals surface area contributed by atoms with Gasteiger partial charge in [0.05, 0.1) is 11.0 Å². The Morgan fingerprint density at radius 2 is 2.00 bits per heavy atom. The number of rotatable bonds is 5. The molecular weight excluding hydrogens is 217 g/mol. The summed E-state index contributed by atoms with van der Waals surface area (Å²) in [7, 11) is 0. The molecule has 5 nitrogen and oxygen atoms in total. The monoisotopic (exact) mass is 227 g/mol. The minimum atomic E-state index is -1.12. The molecular formula is C10H10FNO4. The molecule has 16 heavy (non-hydrogen) atoms. The van der Waals surface area contributed by atoms with Crippen molar-refractivity contribution in [1.82, 2.24) is 0 Å². The summed E-state index contributed by atoms with van der Waals surface area (Å²) in [5.74, 6) is -0.703. The molecule has 0 saturated heterocycles. The van der Waals surface area contributed by atoms with Crippen molar-refractivity contribution >= 4 is 11.5 Å². The minimum absolute atomic E-state index is 0.104. The molecule has 0 saturated carbocycles. The second kappa shape index (κ2) is 5.32. The molecule has 0 aliphatic rings. The smallest absolute Gasteiger partial charge is 0.269 e. The fourth-order valence-electron chi connectivity index (χ4n) is 1.21. The van der Waals surface area contributed by atoms with E-state index in [2.05, 4.69) is 0 Å². The van der Waals surface area contributed by atoms with Gasteiger partial charge in [-0.15, -0.1) is 0 Å². The Balaban J connectivity index is 2.73. The molecule has 1 rings (SSSR count). The Morgan fingerprint density at radius 3 is 2.44 bits per heavy atom. The average Bonchev–Trinajstić information content (AvgIpc) is 2.28. The van der Waals surface area contributed by atoms with Gasteiger partial charge >= 0.3 is 0 Å². The molecule has 1 aromatic carbocycles. The van der Waals surface area contributed by atoms with E-state index in [0.717, 1.165) is 0 Å².